The van der Waals surface area contributed by atoms with Crippen molar-refractivity contribution in [1.82, 2.24) is 0 Å². The maximum atomic E-state index is 13.0. The molecular weight excluding hydrogens is 465 g/mol. The minimum absolute atomic E-state index is 0.0227. The summed E-state index contributed by atoms with van der Waals surface area (Å²) >= 11 is 0. The van der Waals surface area contributed by atoms with Gasteiger partial charge in [-0.15, -0.1) is 0 Å². The van der Waals surface area contributed by atoms with Crippen molar-refractivity contribution in [2.75, 3.05) is 27.4 Å². The lowest BCUT2D eigenvalue weighted by atomic mass is 9.86. The summed E-state index contributed by atoms with van der Waals surface area (Å²) in [6.07, 6.45) is -6.54. The highest BCUT2D eigenvalue weighted by atomic mass is 19.4. The van der Waals surface area contributed by atoms with Crippen molar-refractivity contribution >= 4 is 0 Å². The number of alkyl halides is 3. The van der Waals surface area contributed by atoms with Gasteiger partial charge in [0.05, 0.1) is 32.5 Å². The summed E-state index contributed by atoms with van der Waals surface area (Å²) in [5.74, 6) is 1.78. The molecule has 0 saturated carbocycles. The Kier molecular flexibility index (Phi) is 7.38. The number of methoxy groups -OCH3 is 2. The third-order valence-corrected chi connectivity index (χ3v) is 6.78. The average molecular weight is 497 g/mol. The second-order valence-corrected chi connectivity index (χ2v) is 9.02. The summed E-state index contributed by atoms with van der Waals surface area (Å²) in [7, 11) is 3.08. The third-order valence-electron chi connectivity index (χ3n) is 6.78. The molecule has 0 radical (unpaired) electrons. The zero-order valence-electron chi connectivity index (χ0n) is 20.4. The van der Waals surface area contributed by atoms with E-state index < -0.39 is 24.3 Å². The second kappa shape index (κ2) is 10.1. The molecule has 0 amide bonds. The molecule has 2 aliphatic heterocycles. The molecule has 0 aromatic heterocycles. The molecule has 6 unspecified atom stereocenters. The van der Waals surface area contributed by atoms with E-state index in [1.54, 1.807) is 25.3 Å². The Labute approximate surface area is 203 Å². The van der Waals surface area contributed by atoms with Crippen LogP contribution in [0.3, 0.4) is 0 Å². The van der Waals surface area contributed by atoms with Crippen molar-refractivity contribution in [3.05, 3.63) is 47.5 Å². The van der Waals surface area contributed by atoms with Crippen molar-refractivity contribution in [3.8, 4) is 23.0 Å². The van der Waals surface area contributed by atoms with E-state index in [0.29, 0.717) is 34.5 Å². The van der Waals surface area contributed by atoms with Gasteiger partial charge in [-0.1, -0.05) is 26.0 Å². The first-order valence-electron chi connectivity index (χ1n) is 11.6. The Morgan fingerprint density at radius 2 is 1.20 bits per heavy atom. The van der Waals surface area contributed by atoms with Crippen LogP contribution < -0.4 is 18.9 Å². The van der Waals surface area contributed by atoms with Crippen LogP contribution >= 0.6 is 0 Å². The number of ether oxygens (including phenoxy) is 6. The highest BCUT2D eigenvalue weighted by molar-refractivity contribution is 5.45. The molecule has 6 nitrogen and oxygen atoms in total. The molecule has 0 bridgehead atoms. The predicted molar refractivity (Wildman–Crippen MR) is 122 cm³/mol. The standard InChI is InChI=1S/C26H31F3O6/c1-14-16(3)34-23(14)17-6-8-19(30-4)21(12-17)32-10-11-33-22-13-18(7-9-20(22)31-5)24-15(2)25(35-24)26(27,28)29/h6-9,12-16,23-25H,10-11H2,1-5H3. The summed E-state index contributed by atoms with van der Waals surface area (Å²) in [5, 5.41) is 0. The lowest BCUT2D eigenvalue weighted by Gasteiger charge is -2.43. The van der Waals surface area contributed by atoms with E-state index in [1.165, 1.54) is 14.0 Å². The van der Waals surface area contributed by atoms with Crippen molar-refractivity contribution in [1.29, 1.82) is 0 Å². The number of benzene rings is 2. The van der Waals surface area contributed by atoms with Crippen LogP contribution in [-0.4, -0.2) is 45.8 Å². The van der Waals surface area contributed by atoms with Crippen LogP contribution in [-0.2, 0) is 9.47 Å². The topological polar surface area (TPSA) is 55.4 Å². The average Bonchev–Trinajstić information content (AvgIpc) is 2.83. The lowest BCUT2D eigenvalue weighted by Crippen LogP contribution is -2.50. The Morgan fingerprint density at radius 1 is 0.714 bits per heavy atom. The van der Waals surface area contributed by atoms with Crippen molar-refractivity contribution in [2.24, 2.45) is 11.8 Å². The summed E-state index contributed by atoms with van der Waals surface area (Å²) in [4.78, 5) is 0. The monoisotopic (exact) mass is 496 g/mol. The van der Waals surface area contributed by atoms with Gasteiger partial charge in [-0.2, -0.15) is 13.2 Å². The first-order valence-corrected chi connectivity index (χ1v) is 11.6. The van der Waals surface area contributed by atoms with Crippen LogP contribution in [0.2, 0.25) is 0 Å². The van der Waals surface area contributed by atoms with E-state index in [2.05, 4.69) is 13.8 Å². The highest BCUT2D eigenvalue weighted by Crippen LogP contribution is 2.48. The van der Waals surface area contributed by atoms with Crippen molar-refractivity contribution < 1.29 is 41.6 Å². The molecule has 0 spiro atoms. The number of rotatable bonds is 9. The van der Waals surface area contributed by atoms with E-state index in [9.17, 15) is 13.2 Å². The molecule has 9 heteroatoms. The number of hydrogen-bond donors (Lipinski definition) is 0. The molecule has 0 N–H and O–H groups in total. The highest BCUT2D eigenvalue weighted by Gasteiger charge is 2.55. The van der Waals surface area contributed by atoms with Gasteiger partial charge in [0.1, 0.15) is 13.2 Å². The molecule has 2 fully saturated rings. The minimum atomic E-state index is -4.38. The molecule has 2 aliphatic rings. The molecule has 192 valence electrons. The normalized spacial score (nSPS) is 28.0. The smallest absolute Gasteiger partial charge is 0.415 e. The summed E-state index contributed by atoms with van der Waals surface area (Å²) in [6.45, 7) is 6.14. The Morgan fingerprint density at radius 3 is 1.57 bits per heavy atom. The van der Waals surface area contributed by atoms with Gasteiger partial charge in [-0.25, -0.2) is 0 Å². The van der Waals surface area contributed by atoms with Crippen LogP contribution in [0.4, 0.5) is 13.2 Å². The first-order chi connectivity index (χ1) is 16.6. The Balaban J connectivity index is 1.38. The number of hydrogen-bond acceptors (Lipinski definition) is 6. The molecule has 2 aromatic carbocycles. The van der Waals surface area contributed by atoms with E-state index in [0.717, 1.165) is 5.56 Å². The van der Waals surface area contributed by atoms with Gasteiger partial charge in [-0.05, 0) is 42.3 Å². The largest absolute Gasteiger partial charge is 0.493 e. The zero-order valence-corrected chi connectivity index (χ0v) is 20.4. The Bertz CT molecular complexity index is 1030. The molecule has 2 heterocycles. The van der Waals surface area contributed by atoms with Crippen LogP contribution in [0.5, 0.6) is 23.0 Å². The van der Waals surface area contributed by atoms with Crippen molar-refractivity contribution in [3.63, 3.8) is 0 Å². The van der Waals surface area contributed by atoms with Gasteiger partial charge in [0, 0.05) is 11.8 Å². The predicted octanol–water partition coefficient (Wildman–Crippen LogP) is 5.90. The van der Waals surface area contributed by atoms with Gasteiger partial charge >= 0.3 is 6.18 Å². The van der Waals surface area contributed by atoms with Crippen LogP contribution in [0.1, 0.15) is 44.1 Å². The third kappa shape index (κ3) is 5.16. The van der Waals surface area contributed by atoms with Gasteiger partial charge < -0.3 is 28.4 Å². The second-order valence-electron chi connectivity index (χ2n) is 9.02. The fraction of sp³-hybridized carbons (Fsp3) is 0.538. The number of halogens is 3. The van der Waals surface area contributed by atoms with E-state index in [4.69, 9.17) is 28.4 Å². The first kappa shape index (κ1) is 25.4. The summed E-state index contributed by atoms with van der Waals surface area (Å²) in [5.41, 5.74) is 1.63. The van der Waals surface area contributed by atoms with Gasteiger partial charge in [-0.3, -0.25) is 0 Å². The summed E-state index contributed by atoms with van der Waals surface area (Å²) < 4.78 is 72.4. The SMILES string of the molecule is COc1ccc(C2OC(C)C2C)cc1OCCOc1cc(C2OC(C(F)(F)F)C2C)ccc1OC. The quantitative estimate of drug-likeness (QED) is 0.403. The fourth-order valence-corrected chi connectivity index (χ4v) is 4.52. The molecular formula is C26H31F3O6. The van der Waals surface area contributed by atoms with E-state index in [1.807, 2.05) is 18.2 Å². The van der Waals surface area contributed by atoms with E-state index >= 15 is 0 Å². The molecule has 35 heavy (non-hydrogen) atoms. The fourth-order valence-electron chi connectivity index (χ4n) is 4.52. The van der Waals surface area contributed by atoms with Crippen LogP contribution in [0.25, 0.3) is 0 Å². The molecule has 6 atom stereocenters. The minimum Gasteiger partial charge on any atom is -0.493 e. The Hall–Kier alpha value is -2.65. The van der Waals surface area contributed by atoms with Gasteiger partial charge in [0.25, 0.3) is 0 Å². The zero-order chi connectivity index (χ0) is 25.3. The maximum absolute atomic E-state index is 13.0. The van der Waals surface area contributed by atoms with Crippen LogP contribution in [0, 0.1) is 11.8 Å². The maximum Gasteiger partial charge on any atom is 0.415 e. The summed E-state index contributed by atoms with van der Waals surface area (Å²) in [6, 6.07) is 10.7. The molecule has 2 saturated heterocycles. The van der Waals surface area contributed by atoms with Crippen LogP contribution in [0.15, 0.2) is 36.4 Å². The van der Waals surface area contributed by atoms with Crippen molar-refractivity contribution in [2.45, 2.75) is 51.4 Å². The van der Waals surface area contributed by atoms with Gasteiger partial charge in [0.15, 0.2) is 29.1 Å². The molecule has 2 aromatic rings. The molecule has 4 rings (SSSR count). The lowest BCUT2D eigenvalue weighted by molar-refractivity contribution is -0.317. The molecule has 0 aliphatic carbocycles. The van der Waals surface area contributed by atoms with Gasteiger partial charge in [0.2, 0.25) is 0 Å². The van der Waals surface area contributed by atoms with E-state index in [-0.39, 0.29) is 25.4 Å².